The van der Waals surface area contributed by atoms with Crippen LogP contribution in [0.15, 0.2) is 48.5 Å². The van der Waals surface area contributed by atoms with E-state index in [-0.39, 0.29) is 125 Å². The van der Waals surface area contributed by atoms with Crippen LogP contribution in [0.5, 0.6) is 23.0 Å². The summed E-state index contributed by atoms with van der Waals surface area (Å²) in [5.41, 5.74) is 5.93. The quantitative estimate of drug-likeness (QED) is 0.0336. The van der Waals surface area contributed by atoms with Gasteiger partial charge in [0.15, 0.2) is 0 Å². The van der Waals surface area contributed by atoms with Gasteiger partial charge in [0.05, 0.1) is 18.6 Å². The van der Waals surface area contributed by atoms with E-state index in [0.717, 1.165) is 66.8 Å². The Morgan fingerprint density at radius 3 is 0.821 bits per heavy atom. The van der Waals surface area contributed by atoms with E-state index in [4.69, 9.17) is 18.9 Å². The Bertz CT molecular complexity index is 2690. The van der Waals surface area contributed by atoms with Crippen LogP contribution in [-0.4, -0.2) is 71.4 Å². The number of ether oxygens (including phenoxy) is 4. The molecule has 0 aliphatic rings. The Labute approximate surface area is 507 Å². The Kier molecular flexibility index (Phi) is 22.6. The molecule has 4 N–H and O–H groups in total. The second-order valence-electron chi connectivity index (χ2n) is 32.3. The third-order valence-corrected chi connectivity index (χ3v) is 15.8. The smallest absolute Gasteiger partial charge is 0.306 e. The van der Waals surface area contributed by atoms with Crippen LogP contribution in [0.3, 0.4) is 0 Å². The highest BCUT2D eigenvalue weighted by Gasteiger charge is 2.38. The average molecular weight is 1160 g/mol. The van der Waals surface area contributed by atoms with Gasteiger partial charge in [0, 0.05) is 25.7 Å². The van der Waals surface area contributed by atoms with Crippen molar-refractivity contribution in [2.75, 3.05) is 33.2 Å². The molecule has 0 unspecified atom stereocenters. The minimum absolute atomic E-state index is 0.00362. The summed E-state index contributed by atoms with van der Waals surface area (Å²) in [4.78, 5) is 43.0. The lowest BCUT2D eigenvalue weighted by Crippen LogP contribution is -2.41. The number of phenolic OH excluding ortho intramolecular Hbond substituents is 4. The van der Waals surface area contributed by atoms with Gasteiger partial charge in [-0.15, -0.1) is 0 Å². The van der Waals surface area contributed by atoms with E-state index in [1.807, 2.05) is 132 Å². The summed E-state index contributed by atoms with van der Waals surface area (Å²) in [5.74, 6) is -0.128. The van der Waals surface area contributed by atoms with Gasteiger partial charge < -0.3 is 39.4 Å². The first-order valence-corrected chi connectivity index (χ1v) is 30.5. The molecule has 468 valence electrons. The lowest BCUT2D eigenvalue weighted by Gasteiger charge is -2.32. The number of benzene rings is 4. The summed E-state index contributed by atoms with van der Waals surface area (Å²) in [6.45, 7) is 48.7. The number of phenols is 4. The third-order valence-electron chi connectivity index (χ3n) is 15.8. The number of rotatable bonds is 22. The minimum atomic E-state index is -1.34. The first kappa shape index (κ1) is 71.1. The van der Waals surface area contributed by atoms with E-state index < -0.39 is 17.4 Å². The van der Waals surface area contributed by atoms with Gasteiger partial charge in [0.25, 0.3) is 0 Å². The zero-order valence-corrected chi connectivity index (χ0v) is 56.5. The second-order valence-corrected chi connectivity index (χ2v) is 32.3. The standard InChI is InChI=1S/C73H110O11/c1-65(2,3)51-33-46(34-52(61(51)77)66(4,5)6)25-28-50(74)41-73(42-82-45-81-32-31-49-39-57(71(19,20)21)64(80)58(40-49)72(22,23)24,43-83-59(75)29-26-47-35-53(67(7,8)9)62(78)54(36-47)68(10,11)12)44-84-60(76)30-27-48-37-55(69(13,14)15)63(79)56(38-48)70(16,17)18/h33-40,77-80H,25-32,41-45H2,1-24H3. The molecule has 0 fully saturated rings. The molecule has 0 saturated carbocycles. The molecule has 84 heavy (non-hydrogen) atoms. The summed E-state index contributed by atoms with van der Waals surface area (Å²) in [6.07, 6.45) is 1.52. The summed E-state index contributed by atoms with van der Waals surface area (Å²) in [6, 6.07) is 15.8. The highest BCUT2D eigenvalue weighted by molar-refractivity contribution is 5.80. The number of esters is 2. The highest BCUT2D eigenvalue weighted by Crippen LogP contribution is 2.44. The number of carbonyl (C=O) groups excluding carboxylic acids is 3. The third kappa shape index (κ3) is 19.8. The fourth-order valence-corrected chi connectivity index (χ4v) is 10.7. The zero-order chi connectivity index (χ0) is 64.1. The fraction of sp³-hybridized carbons (Fsp3) is 0.630. The Morgan fingerprint density at radius 1 is 0.333 bits per heavy atom. The maximum absolute atomic E-state index is 14.7. The molecule has 0 aliphatic heterocycles. The van der Waals surface area contributed by atoms with Crippen LogP contribution in [0.1, 0.15) is 259 Å². The predicted molar refractivity (Wildman–Crippen MR) is 341 cm³/mol. The Hall–Kier alpha value is -5.39. The lowest BCUT2D eigenvalue weighted by molar-refractivity contribution is -0.164. The van der Waals surface area contributed by atoms with Gasteiger partial charge >= 0.3 is 11.9 Å². The molecule has 11 heteroatoms. The highest BCUT2D eigenvalue weighted by atomic mass is 16.7. The summed E-state index contributed by atoms with van der Waals surface area (Å²) < 4.78 is 24.9. The van der Waals surface area contributed by atoms with E-state index in [1.165, 1.54) is 0 Å². The molecule has 4 aromatic carbocycles. The number of ketones is 1. The Balaban J connectivity index is 1.74. The molecule has 0 heterocycles. The molecule has 0 bridgehead atoms. The van der Waals surface area contributed by atoms with Crippen molar-refractivity contribution in [1.82, 2.24) is 0 Å². The van der Waals surface area contributed by atoms with Crippen molar-refractivity contribution >= 4 is 17.7 Å². The van der Waals surface area contributed by atoms with Crippen molar-refractivity contribution < 1.29 is 53.8 Å². The second kappa shape index (κ2) is 26.7. The number of aryl methyl sites for hydroxylation is 3. The van der Waals surface area contributed by atoms with Crippen LogP contribution in [0, 0.1) is 5.41 Å². The lowest BCUT2D eigenvalue weighted by atomic mass is 9.77. The van der Waals surface area contributed by atoms with Crippen molar-refractivity contribution in [3.05, 3.63) is 115 Å². The molecular weight excluding hydrogens is 1050 g/mol. The number of Topliss-reactive ketones (excluding diaryl/α,β-unsaturated/α-hetero) is 1. The number of hydrogen-bond acceptors (Lipinski definition) is 11. The van der Waals surface area contributed by atoms with Crippen LogP contribution < -0.4 is 0 Å². The average Bonchev–Trinajstić information content (AvgIpc) is 2.61. The van der Waals surface area contributed by atoms with Crippen molar-refractivity contribution in [2.45, 2.75) is 261 Å². The predicted octanol–water partition coefficient (Wildman–Crippen LogP) is 16.4. The van der Waals surface area contributed by atoms with Gasteiger partial charge in [-0.05, 0) is 136 Å². The van der Waals surface area contributed by atoms with Crippen molar-refractivity contribution in [3.63, 3.8) is 0 Å². The molecule has 4 rings (SSSR count). The molecule has 0 spiro atoms. The van der Waals surface area contributed by atoms with Gasteiger partial charge in [-0.2, -0.15) is 0 Å². The monoisotopic (exact) mass is 1160 g/mol. The minimum Gasteiger partial charge on any atom is -0.507 e. The van der Waals surface area contributed by atoms with E-state index in [2.05, 4.69) is 83.1 Å². The molecule has 0 aromatic heterocycles. The fourth-order valence-electron chi connectivity index (χ4n) is 10.7. The molecule has 11 nitrogen and oxygen atoms in total. The summed E-state index contributed by atoms with van der Waals surface area (Å²) in [5, 5.41) is 45.7. The van der Waals surface area contributed by atoms with E-state index in [1.54, 1.807) is 0 Å². The van der Waals surface area contributed by atoms with Gasteiger partial charge in [-0.1, -0.05) is 215 Å². The first-order valence-electron chi connectivity index (χ1n) is 30.5. The molecule has 0 saturated heterocycles. The number of carbonyl (C=O) groups is 3. The van der Waals surface area contributed by atoms with Crippen LogP contribution in [0.4, 0.5) is 0 Å². The first-order chi connectivity index (χ1) is 38.0. The van der Waals surface area contributed by atoms with Crippen molar-refractivity contribution in [2.24, 2.45) is 5.41 Å². The topological polar surface area (TPSA) is 169 Å². The van der Waals surface area contributed by atoms with Crippen LogP contribution in [0.2, 0.25) is 0 Å². The van der Waals surface area contributed by atoms with Crippen LogP contribution in [-0.2, 0) is 102 Å². The maximum Gasteiger partial charge on any atom is 0.306 e. The molecular formula is C73H110O11. The molecule has 0 radical (unpaired) electrons. The molecule has 0 amide bonds. The molecule has 4 aromatic rings. The van der Waals surface area contributed by atoms with E-state index >= 15 is 0 Å². The SMILES string of the molecule is CC(C)(C)c1cc(CCOCOCC(COC(=O)CCc2cc(C(C)(C)C)c(O)c(C(C)(C)C)c2)(COC(=O)CCc2cc(C(C)(C)C)c(O)c(C(C)(C)C)c2)CC(=O)CCc2cc(C(C)(C)C)c(O)c(C(C)(C)C)c2)cc(C(C)(C)C)c1O. The van der Waals surface area contributed by atoms with Gasteiger partial charge in [0.2, 0.25) is 0 Å². The Morgan fingerprint density at radius 2 is 0.571 bits per heavy atom. The summed E-state index contributed by atoms with van der Waals surface area (Å²) in [7, 11) is 0. The van der Waals surface area contributed by atoms with E-state index in [0.29, 0.717) is 31.4 Å². The molecule has 0 atom stereocenters. The number of hydrogen-bond donors (Lipinski definition) is 4. The van der Waals surface area contributed by atoms with Crippen LogP contribution >= 0.6 is 0 Å². The van der Waals surface area contributed by atoms with Gasteiger partial charge in [0.1, 0.15) is 48.8 Å². The van der Waals surface area contributed by atoms with Crippen molar-refractivity contribution in [1.29, 1.82) is 0 Å². The van der Waals surface area contributed by atoms with E-state index in [9.17, 15) is 34.8 Å². The van der Waals surface area contributed by atoms with Gasteiger partial charge in [-0.25, -0.2) is 0 Å². The largest absolute Gasteiger partial charge is 0.507 e. The van der Waals surface area contributed by atoms with Crippen LogP contribution in [0.25, 0.3) is 0 Å². The zero-order valence-electron chi connectivity index (χ0n) is 56.5. The van der Waals surface area contributed by atoms with Crippen molar-refractivity contribution in [3.8, 4) is 23.0 Å². The van der Waals surface area contributed by atoms with Gasteiger partial charge in [-0.3, -0.25) is 14.4 Å². The summed E-state index contributed by atoms with van der Waals surface area (Å²) >= 11 is 0. The molecule has 0 aliphatic carbocycles. The number of aromatic hydroxyl groups is 4. The maximum atomic E-state index is 14.7. The normalized spacial score (nSPS) is 13.3.